The Labute approximate surface area is 148 Å². The number of rotatable bonds is 3. The molecule has 1 N–H and O–H groups in total. The molecule has 2 heterocycles. The first-order chi connectivity index (χ1) is 11.8. The molecule has 1 amide bonds. The van der Waals surface area contributed by atoms with E-state index >= 15 is 0 Å². The number of alkyl halides is 3. The van der Waals surface area contributed by atoms with Gasteiger partial charge in [-0.05, 0) is 37.5 Å². The van der Waals surface area contributed by atoms with E-state index in [1.54, 1.807) is 18.2 Å². The molecule has 8 heteroatoms. The highest BCUT2D eigenvalue weighted by molar-refractivity contribution is 6.31. The van der Waals surface area contributed by atoms with E-state index in [2.05, 4.69) is 10.3 Å². The van der Waals surface area contributed by atoms with Crippen molar-refractivity contribution in [2.24, 2.45) is 10.9 Å². The van der Waals surface area contributed by atoms with E-state index in [0.717, 1.165) is 12.8 Å². The molecule has 0 radical (unpaired) electrons. The maximum atomic E-state index is 12.6. The zero-order chi connectivity index (χ0) is 18.0. The van der Waals surface area contributed by atoms with E-state index in [1.807, 2.05) is 0 Å². The first-order valence-corrected chi connectivity index (χ1v) is 8.54. The van der Waals surface area contributed by atoms with Crippen molar-refractivity contribution in [1.82, 2.24) is 0 Å². The fourth-order valence-electron chi connectivity index (χ4n) is 3.13. The van der Waals surface area contributed by atoms with Crippen molar-refractivity contribution in [2.75, 3.05) is 18.5 Å². The molecule has 0 bridgehead atoms. The first-order valence-electron chi connectivity index (χ1n) is 8.16. The van der Waals surface area contributed by atoms with Crippen LogP contribution in [0.4, 0.5) is 18.9 Å². The van der Waals surface area contributed by atoms with Crippen LogP contribution in [0.25, 0.3) is 0 Å². The number of nitrogens with zero attached hydrogens (tertiary/aromatic N) is 1. The molecule has 3 rings (SSSR count). The second-order valence-corrected chi connectivity index (χ2v) is 6.71. The summed E-state index contributed by atoms with van der Waals surface area (Å²) in [6.07, 6.45) is -4.09. The Balaban J connectivity index is 1.96. The monoisotopic (exact) mass is 374 g/mol. The maximum Gasteiger partial charge on any atom is 0.389 e. The fraction of sp³-hybridized carbons (Fsp3) is 0.529. The van der Waals surface area contributed by atoms with Gasteiger partial charge < -0.3 is 10.1 Å². The van der Waals surface area contributed by atoms with Gasteiger partial charge in [0.15, 0.2) is 0 Å². The van der Waals surface area contributed by atoms with Gasteiger partial charge in [0.2, 0.25) is 5.91 Å². The Morgan fingerprint density at radius 1 is 1.36 bits per heavy atom. The average Bonchev–Trinajstić information content (AvgIpc) is 2.69. The number of hydrogen-bond donors (Lipinski definition) is 1. The van der Waals surface area contributed by atoms with Crippen LogP contribution < -0.4 is 5.32 Å². The van der Waals surface area contributed by atoms with Crippen molar-refractivity contribution in [2.45, 2.75) is 37.9 Å². The summed E-state index contributed by atoms with van der Waals surface area (Å²) in [6.45, 7) is 1.10. The van der Waals surface area contributed by atoms with Crippen molar-refractivity contribution >= 4 is 28.9 Å². The van der Waals surface area contributed by atoms with Gasteiger partial charge in [-0.3, -0.25) is 9.79 Å². The van der Waals surface area contributed by atoms with Crippen LogP contribution in [0.2, 0.25) is 5.02 Å². The molecule has 0 aromatic heterocycles. The van der Waals surface area contributed by atoms with E-state index in [4.69, 9.17) is 16.3 Å². The lowest BCUT2D eigenvalue weighted by molar-refractivity contribution is -0.137. The Morgan fingerprint density at radius 2 is 2.16 bits per heavy atom. The summed E-state index contributed by atoms with van der Waals surface area (Å²) in [4.78, 5) is 16.8. The molecule has 1 aromatic carbocycles. The molecule has 0 aliphatic carbocycles. The predicted octanol–water partition coefficient (Wildman–Crippen LogP) is 4.22. The van der Waals surface area contributed by atoms with Gasteiger partial charge in [-0.1, -0.05) is 11.6 Å². The lowest BCUT2D eigenvalue weighted by Crippen LogP contribution is -2.29. The third-order valence-electron chi connectivity index (χ3n) is 4.36. The third-order valence-corrected chi connectivity index (χ3v) is 4.60. The minimum atomic E-state index is -4.33. The summed E-state index contributed by atoms with van der Waals surface area (Å²) in [5.41, 5.74) is 1.80. The molecule has 2 aliphatic rings. The van der Waals surface area contributed by atoms with E-state index in [1.165, 1.54) is 0 Å². The number of hydrogen-bond acceptors (Lipinski definition) is 3. The molecular formula is C17H18ClF3N2O2. The Morgan fingerprint density at radius 3 is 2.84 bits per heavy atom. The smallest absolute Gasteiger partial charge is 0.381 e. The number of benzene rings is 1. The zero-order valence-corrected chi connectivity index (χ0v) is 14.2. The number of anilines is 1. The summed E-state index contributed by atoms with van der Waals surface area (Å²) in [5, 5.41) is 3.11. The Kier molecular flexibility index (Phi) is 5.34. The van der Waals surface area contributed by atoms with Crippen LogP contribution in [0.1, 0.15) is 31.2 Å². The van der Waals surface area contributed by atoms with Crippen LogP contribution in [0, 0.1) is 5.92 Å². The number of carbonyl (C=O) groups excluding carboxylic acids is 1. The van der Waals surface area contributed by atoms with Crippen molar-refractivity contribution in [3.63, 3.8) is 0 Å². The molecule has 136 valence electrons. The third kappa shape index (κ3) is 4.52. The lowest BCUT2D eigenvalue weighted by atomic mass is 9.91. The fourth-order valence-corrected chi connectivity index (χ4v) is 3.31. The standard InChI is InChI=1S/C17H18ClF3N2O2/c18-11-3-4-12-14(8-11)23-16(24)13(5-6-17(19,20)21)22-15(12)10-2-1-7-25-9-10/h3-4,8,10,13H,1-2,5-7,9H2,(H,23,24). The topological polar surface area (TPSA) is 50.7 Å². The first kappa shape index (κ1) is 18.2. The van der Waals surface area contributed by atoms with Gasteiger partial charge in [-0.2, -0.15) is 13.2 Å². The van der Waals surface area contributed by atoms with Crippen LogP contribution in [0.15, 0.2) is 23.2 Å². The van der Waals surface area contributed by atoms with Gasteiger partial charge in [-0.15, -0.1) is 0 Å². The van der Waals surface area contributed by atoms with Gasteiger partial charge in [0.25, 0.3) is 0 Å². The number of amides is 1. The average molecular weight is 375 g/mol. The van der Waals surface area contributed by atoms with Gasteiger partial charge in [0.05, 0.1) is 18.0 Å². The predicted molar refractivity (Wildman–Crippen MR) is 89.2 cm³/mol. The van der Waals surface area contributed by atoms with Crippen LogP contribution in [-0.4, -0.2) is 37.1 Å². The highest BCUT2D eigenvalue weighted by Gasteiger charge is 2.34. The summed E-state index contributed by atoms with van der Waals surface area (Å²) >= 11 is 6.00. The number of fused-ring (bicyclic) bond motifs is 1. The summed E-state index contributed by atoms with van der Waals surface area (Å²) in [7, 11) is 0. The molecule has 4 nitrogen and oxygen atoms in total. The molecule has 0 saturated carbocycles. The molecular weight excluding hydrogens is 357 g/mol. The Hall–Kier alpha value is -1.60. The molecule has 0 spiro atoms. The molecule has 25 heavy (non-hydrogen) atoms. The second-order valence-electron chi connectivity index (χ2n) is 6.28. The van der Waals surface area contributed by atoms with Crippen molar-refractivity contribution < 1.29 is 22.7 Å². The largest absolute Gasteiger partial charge is 0.389 e. The summed E-state index contributed by atoms with van der Waals surface area (Å²) < 4.78 is 43.3. The van der Waals surface area contributed by atoms with Crippen molar-refractivity contribution in [3.8, 4) is 0 Å². The van der Waals surface area contributed by atoms with E-state index in [-0.39, 0.29) is 12.3 Å². The number of ether oxygens (including phenoxy) is 1. The molecule has 2 aliphatic heterocycles. The zero-order valence-electron chi connectivity index (χ0n) is 13.4. The van der Waals surface area contributed by atoms with Crippen LogP contribution in [0.3, 0.4) is 0 Å². The number of benzodiazepines with no additional fused rings is 1. The molecule has 1 fully saturated rings. The van der Waals surface area contributed by atoms with Crippen LogP contribution in [-0.2, 0) is 9.53 Å². The highest BCUT2D eigenvalue weighted by Crippen LogP contribution is 2.32. The highest BCUT2D eigenvalue weighted by atomic mass is 35.5. The van der Waals surface area contributed by atoms with Crippen molar-refractivity contribution in [1.29, 1.82) is 0 Å². The van der Waals surface area contributed by atoms with Crippen LogP contribution >= 0.6 is 11.6 Å². The molecule has 1 aromatic rings. The van der Waals surface area contributed by atoms with Crippen molar-refractivity contribution in [3.05, 3.63) is 28.8 Å². The minimum absolute atomic E-state index is 0.0465. The molecule has 2 atom stereocenters. The second kappa shape index (κ2) is 7.33. The van der Waals surface area contributed by atoms with E-state index in [0.29, 0.717) is 35.2 Å². The number of nitrogens with one attached hydrogen (secondary N) is 1. The number of aliphatic imine (C=N–C) groups is 1. The SMILES string of the molecule is O=C1Nc2cc(Cl)ccc2C(C2CCCOC2)=NC1CCC(F)(F)F. The van der Waals surface area contributed by atoms with Gasteiger partial charge in [0.1, 0.15) is 6.04 Å². The maximum absolute atomic E-state index is 12.6. The number of halogens is 4. The lowest BCUT2D eigenvalue weighted by Gasteiger charge is -2.24. The molecule has 1 saturated heterocycles. The van der Waals surface area contributed by atoms with Gasteiger partial charge in [0, 0.05) is 29.5 Å². The molecule has 2 unspecified atom stereocenters. The normalized spacial score (nSPS) is 24.2. The van der Waals surface area contributed by atoms with Crippen LogP contribution in [0.5, 0.6) is 0 Å². The van der Waals surface area contributed by atoms with Gasteiger partial charge >= 0.3 is 6.18 Å². The summed E-state index contributed by atoms with van der Waals surface area (Å²) in [6, 6.07) is 3.95. The Bertz CT molecular complexity index is 685. The minimum Gasteiger partial charge on any atom is -0.381 e. The summed E-state index contributed by atoms with van der Waals surface area (Å²) in [5.74, 6) is -0.589. The quantitative estimate of drug-likeness (QED) is 0.861. The van der Waals surface area contributed by atoms with E-state index in [9.17, 15) is 18.0 Å². The van der Waals surface area contributed by atoms with Gasteiger partial charge in [-0.25, -0.2) is 0 Å². The van der Waals surface area contributed by atoms with E-state index < -0.39 is 24.5 Å². The number of carbonyl (C=O) groups is 1.